The van der Waals surface area contributed by atoms with Crippen molar-refractivity contribution in [3.05, 3.63) is 34.4 Å². The van der Waals surface area contributed by atoms with Crippen molar-refractivity contribution < 1.29 is 14.7 Å². The molecule has 32 heavy (non-hydrogen) atoms. The lowest BCUT2D eigenvalue weighted by Gasteiger charge is -2.16. The van der Waals surface area contributed by atoms with E-state index in [0.717, 1.165) is 23.1 Å². The summed E-state index contributed by atoms with van der Waals surface area (Å²) in [6, 6.07) is 6.20. The average molecular weight is 527 g/mol. The van der Waals surface area contributed by atoms with E-state index in [2.05, 4.69) is 67.2 Å². The Labute approximate surface area is 202 Å². The van der Waals surface area contributed by atoms with Crippen LogP contribution in [0.2, 0.25) is 0 Å². The SMILES string of the molecule is CCCCCCNSc1cc(Nc2ncc(Br)c(NC(CC)CO)n2)ccc1C.O=C=O. The second-order valence-electron chi connectivity index (χ2n) is 7.07. The van der Waals surface area contributed by atoms with Gasteiger partial charge < -0.3 is 15.7 Å². The number of carbonyl (C=O) groups excluding carboxylic acids is 2. The molecule has 1 unspecified atom stereocenters. The van der Waals surface area contributed by atoms with Crippen molar-refractivity contribution in [3.63, 3.8) is 0 Å². The van der Waals surface area contributed by atoms with E-state index in [-0.39, 0.29) is 18.8 Å². The van der Waals surface area contributed by atoms with Crippen molar-refractivity contribution in [2.24, 2.45) is 0 Å². The van der Waals surface area contributed by atoms with Gasteiger partial charge in [0.1, 0.15) is 5.82 Å². The van der Waals surface area contributed by atoms with Gasteiger partial charge in [0.25, 0.3) is 0 Å². The Bertz CT molecular complexity index is 846. The zero-order chi connectivity index (χ0) is 23.8. The number of nitrogens with one attached hydrogen (secondary N) is 3. The normalized spacial score (nSPS) is 11.2. The zero-order valence-electron chi connectivity index (χ0n) is 18.8. The molecular formula is C22H32BrN5O3S. The van der Waals surface area contributed by atoms with Crippen molar-refractivity contribution in [2.45, 2.75) is 63.8 Å². The lowest BCUT2D eigenvalue weighted by molar-refractivity contribution is -0.191. The highest BCUT2D eigenvalue weighted by molar-refractivity contribution is 9.10. The van der Waals surface area contributed by atoms with Crippen molar-refractivity contribution in [1.29, 1.82) is 0 Å². The predicted molar refractivity (Wildman–Crippen MR) is 132 cm³/mol. The molecule has 1 aromatic heterocycles. The monoisotopic (exact) mass is 525 g/mol. The molecule has 1 heterocycles. The van der Waals surface area contributed by atoms with E-state index in [0.29, 0.717) is 11.8 Å². The number of halogens is 1. The molecule has 8 nitrogen and oxygen atoms in total. The van der Waals surface area contributed by atoms with Crippen LogP contribution in [0.4, 0.5) is 17.5 Å². The highest BCUT2D eigenvalue weighted by atomic mass is 79.9. The highest BCUT2D eigenvalue weighted by Gasteiger charge is 2.11. The Morgan fingerprint density at radius 1 is 1.22 bits per heavy atom. The molecule has 2 aromatic rings. The summed E-state index contributed by atoms with van der Waals surface area (Å²) in [6.45, 7) is 7.43. The minimum absolute atomic E-state index is 0.0418. The van der Waals surface area contributed by atoms with E-state index >= 15 is 0 Å². The van der Waals surface area contributed by atoms with Gasteiger partial charge in [0, 0.05) is 23.3 Å². The standard InChI is InChI=1S/C21H32BrN5OS.CO2/c1-4-6-7-8-11-24-29-19-12-17(10-9-15(19)3)26-21-23-13-18(22)20(27-21)25-16(5-2)14-28;2-1-3/h9-10,12-13,16,24,28H,4-8,11,14H2,1-3H3,(H2,23,25,26,27);. The van der Waals surface area contributed by atoms with Gasteiger partial charge in [-0.3, -0.25) is 4.72 Å². The maximum Gasteiger partial charge on any atom is 0.373 e. The Hall–Kier alpha value is -1.97. The van der Waals surface area contributed by atoms with Crippen LogP contribution in [-0.4, -0.2) is 40.4 Å². The van der Waals surface area contributed by atoms with Crippen molar-refractivity contribution in [3.8, 4) is 0 Å². The van der Waals surface area contributed by atoms with Gasteiger partial charge in [0.05, 0.1) is 17.1 Å². The Kier molecular flexibility index (Phi) is 14.6. The summed E-state index contributed by atoms with van der Waals surface area (Å²) >= 11 is 5.14. The molecule has 10 heteroatoms. The van der Waals surface area contributed by atoms with Crippen LogP contribution in [-0.2, 0) is 9.59 Å². The molecule has 4 N–H and O–H groups in total. The summed E-state index contributed by atoms with van der Waals surface area (Å²) in [4.78, 5) is 26.3. The number of aromatic nitrogens is 2. The molecule has 0 saturated carbocycles. The summed E-state index contributed by atoms with van der Waals surface area (Å²) in [5.74, 6) is 1.18. The topological polar surface area (TPSA) is 116 Å². The van der Waals surface area contributed by atoms with E-state index < -0.39 is 0 Å². The highest BCUT2D eigenvalue weighted by Crippen LogP contribution is 2.27. The van der Waals surface area contributed by atoms with Crippen LogP contribution >= 0.6 is 27.9 Å². The molecule has 0 fully saturated rings. The van der Waals surface area contributed by atoms with E-state index in [4.69, 9.17) is 9.59 Å². The van der Waals surface area contributed by atoms with Crippen LogP contribution in [0.3, 0.4) is 0 Å². The van der Waals surface area contributed by atoms with E-state index in [1.54, 1.807) is 18.1 Å². The van der Waals surface area contributed by atoms with Gasteiger partial charge in [0.15, 0.2) is 0 Å². The van der Waals surface area contributed by atoms with Gasteiger partial charge in [-0.25, -0.2) is 4.98 Å². The fourth-order valence-electron chi connectivity index (χ4n) is 2.67. The molecule has 0 aliphatic carbocycles. The largest absolute Gasteiger partial charge is 0.394 e. The second kappa shape index (κ2) is 16.6. The summed E-state index contributed by atoms with van der Waals surface area (Å²) in [6.07, 6.45) is 7.80. The molecule has 0 amide bonds. The first kappa shape index (κ1) is 28.1. The molecule has 1 aromatic carbocycles. The van der Waals surface area contributed by atoms with Crippen molar-refractivity contribution in [1.82, 2.24) is 14.7 Å². The molecule has 2 rings (SSSR count). The number of hydrogen-bond donors (Lipinski definition) is 4. The first-order valence-corrected chi connectivity index (χ1v) is 12.3. The minimum atomic E-state index is -0.0418. The summed E-state index contributed by atoms with van der Waals surface area (Å²) < 4.78 is 4.23. The third-order valence-corrected chi connectivity index (χ3v) is 6.15. The average Bonchev–Trinajstić information content (AvgIpc) is 2.79. The van der Waals surface area contributed by atoms with Crippen LogP contribution in [0.25, 0.3) is 0 Å². The van der Waals surface area contributed by atoms with Gasteiger partial charge in [-0.1, -0.05) is 39.2 Å². The number of aliphatic hydroxyl groups is 1. The van der Waals surface area contributed by atoms with Gasteiger partial charge in [0.2, 0.25) is 5.95 Å². The number of benzene rings is 1. The third-order valence-electron chi connectivity index (χ3n) is 4.56. The molecule has 0 spiro atoms. The molecule has 0 aliphatic heterocycles. The molecule has 0 bridgehead atoms. The predicted octanol–water partition coefficient (Wildman–Crippen LogP) is 5.07. The first-order chi connectivity index (χ1) is 15.5. The molecule has 176 valence electrons. The van der Waals surface area contributed by atoms with Gasteiger partial charge in [-0.05, 0) is 65.3 Å². The van der Waals surface area contributed by atoms with Gasteiger partial charge >= 0.3 is 6.15 Å². The summed E-state index contributed by atoms with van der Waals surface area (Å²) in [7, 11) is 0. The minimum Gasteiger partial charge on any atom is -0.394 e. The maximum atomic E-state index is 9.43. The molecule has 0 saturated heterocycles. The molecule has 0 radical (unpaired) electrons. The number of aryl methyl sites for hydroxylation is 1. The number of rotatable bonds is 13. The number of unbranched alkanes of at least 4 members (excludes halogenated alkanes) is 3. The van der Waals surface area contributed by atoms with Gasteiger partial charge in [-0.15, -0.1) is 0 Å². The number of aliphatic hydroxyl groups excluding tert-OH is 1. The molecular weight excluding hydrogens is 494 g/mol. The smallest absolute Gasteiger partial charge is 0.373 e. The van der Waals surface area contributed by atoms with Crippen molar-refractivity contribution in [2.75, 3.05) is 23.8 Å². The van der Waals surface area contributed by atoms with Crippen LogP contribution in [0.1, 0.15) is 51.5 Å². The first-order valence-electron chi connectivity index (χ1n) is 10.7. The zero-order valence-corrected chi connectivity index (χ0v) is 21.2. The number of hydrogen-bond acceptors (Lipinski definition) is 9. The fraction of sp³-hybridized carbons (Fsp3) is 0.500. The van der Waals surface area contributed by atoms with Crippen molar-refractivity contribution >= 4 is 51.5 Å². The maximum absolute atomic E-state index is 9.43. The number of nitrogens with zero attached hydrogens (tertiary/aromatic N) is 2. The third kappa shape index (κ3) is 10.6. The van der Waals surface area contributed by atoms with E-state index in [1.165, 1.54) is 36.1 Å². The lowest BCUT2D eigenvalue weighted by atomic mass is 10.2. The molecule has 1 atom stereocenters. The van der Waals surface area contributed by atoms with Crippen LogP contribution in [0.15, 0.2) is 33.8 Å². The number of anilines is 3. The fourth-order valence-corrected chi connectivity index (χ4v) is 3.79. The Balaban J connectivity index is 0.00000161. The second-order valence-corrected chi connectivity index (χ2v) is 8.85. The lowest BCUT2D eigenvalue weighted by Crippen LogP contribution is -2.23. The van der Waals surface area contributed by atoms with E-state index in [9.17, 15) is 5.11 Å². The summed E-state index contributed by atoms with van der Waals surface area (Å²) in [5.41, 5.74) is 2.17. The van der Waals surface area contributed by atoms with Crippen LogP contribution in [0, 0.1) is 6.92 Å². The Morgan fingerprint density at radius 2 is 1.97 bits per heavy atom. The quantitative estimate of drug-likeness (QED) is 0.210. The van der Waals surface area contributed by atoms with Crippen LogP contribution < -0.4 is 15.4 Å². The molecule has 0 aliphatic rings. The summed E-state index contributed by atoms with van der Waals surface area (Å²) in [5, 5.41) is 15.9. The van der Waals surface area contributed by atoms with E-state index in [1.807, 2.05) is 13.0 Å². The van der Waals surface area contributed by atoms with Gasteiger partial charge in [-0.2, -0.15) is 14.6 Å². The van der Waals surface area contributed by atoms with Crippen LogP contribution in [0.5, 0.6) is 0 Å². The Morgan fingerprint density at radius 3 is 2.62 bits per heavy atom.